The fourth-order valence-corrected chi connectivity index (χ4v) is 0.250. The van der Waals surface area contributed by atoms with Gasteiger partial charge in [-0.2, -0.15) is 22.0 Å². The molecule has 0 amide bonds. The zero-order valence-corrected chi connectivity index (χ0v) is 4.83. The standard InChI is InChI=1S/C3H3F6NO/c4-1(2(5,6)7)3(8,9)11-10/h1H,10H2. The fraction of sp³-hybridized carbons (Fsp3) is 1.00. The van der Waals surface area contributed by atoms with Gasteiger partial charge in [-0.15, -0.1) is 0 Å². The first kappa shape index (κ1) is 10.5. The average molecular weight is 183 g/mol. The average Bonchev–Trinajstić information content (AvgIpc) is 1.84. The van der Waals surface area contributed by atoms with Gasteiger partial charge in [-0.3, -0.25) is 0 Å². The van der Waals surface area contributed by atoms with E-state index in [0.29, 0.717) is 0 Å². The molecule has 0 heterocycles. The predicted octanol–water partition coefficient (Wildman–Crippen LogP) is 1.37. The van der Waals surface area contributed by atoms with Crippen molar-refractivity contribution in [2.75, 3.05) is 0 Å². The summed E-state index contributed by atoms with van der Waals surface area (Å²) in [6.07, 6.45) is -15.1. The van der Waals surface area contributed by atoms with Gasteiger partial charge in [0.25, 0.3) is 6.17 Å². The lowest BCUT2D eigenvalue weighted by molar-refractivity contribution is -0.337. The fourth-order valence-electron chi connectivity index (χ4n) is 0.250. The Hall–Kier alpha value is -0.500. The Morgan fingerprint density at radius 2 is 1.45 bits per heavy atom. The van der Waals surface area contributed by atoms with Crippen molar-refractivity contribution in [1.82, 2.24) is 0 Å². The molecular weight excluding hydrogens is 180 g/mol. The molecule has 0 saturated heterocycles. The Morgan fingerprint density at radius 3 is 1.55 bits per heavy atom. The van der Waals surface area contributed by atoms with Gasteiger partial charge in [-0.25, -0.2) is 15.1 Å². The van der Waals surface area contributed by atoms with E-state index in [4.69, 9.17) is 0 Å². The normalized spacial score (nSPS) is 16.6. The molecule has 0 radical (unpaired) electrons. The molecule has 0 aliphatic heterocycles. The van der Waals surface area contributed by atoms with E-state index >= 15 is 0 Å². The molecule has 1 atom stereocenters. The van der Waals surface area contributed by atoms with Gasteiger partial charge in [0.2, 0.25) is 0 Å². The van der Waals surface area contributed by atoms with Crippen LogP contribution in [0.25, 0.3) is 0 Å². The number of hydrogen-bond acceptors (Lipinski definition) is 2. The monoisotopic (exact) mass is 183 g/mol. The second kappa shape index (κ2) is 2.86. The first-order chi connectivity index (χ1) is 4.72. The van der Waals surface area contributed by atoms with Crippen LogP contribution in [0.3, 0.4) is 0 Å². The number of hydrogen-bond donors (Lipinski definition) is 1. The maximum atomic E-state index is 11.6. The van der Waals surface area contributed by atoms with Gasteiger partial charge in [-0.05, 0) is 0 Å². The van der Waals surface area contributed by atoms with Crippen LogP contribution in [0.5, 0.6) is 0 Å². The highest BCUT2D eigenvalue weighted by Crippen LogP contribution is 2.34. The Balaban J connectivity index is 4.35. The molecule has 0 spiro atoms. The predicted molar refractivity (Wildman–Crippen MR) is 21.2 cm³/mol. The van der Waals surface area contributed by atoms with Crippen LogP contribution in [0.15, 0.2) is 0 Å². The van der Waals surface area contributed by atoms with Crippen molar-refractivity contribution in [2.24, 2.45) is 5.90 Å². The van der Waals surface area contributed by atoms with E-state index in [-0.39, 0.29) is 0 Å². The molecule has 68 valence electrons. The molecule has 2 nitrogen and oxygen atoms in total. The molecule has 0 bridgehead atoms. The zero-order valence-electron chi connectivity index (χ0n) is 4.83. The highest BCUT2D eigenvalue weighted by Gasteiger charge is 2.58. The second-order valence-corrected chi connectivity index (χ2v) is 1.58. The van der Waals surface area contributed by atoms with Crippen molar-refractivity contribution < 1.29 is 31.2 Å². The van der Waals surface area contributed by atoms with E-state index in [9.17, 15) is 26.3 Å². The molecule has 0 aliphatic carbocycles. The van der Waals surface area contributed by atoms with Crippen molar-refractivity contribution in [3.8, 4) is 0 Å². The highest BCUT2D eigenvalue weighted by atomic mass is 19.4. The van der Waals surface area contributed by atoms with Gasteiger partial charge in [0.1, 0.15) is 0 Å². The van der Waals surface area contributed by atoms with Crippen LogP contribution in [-0.2, 0) is 4.84 Å². The van der Waals surface area contributed by atoms with Crippen LogP contribution in [0, 0.1) is 0 Å². The molecule has 0 aliphatic rings. The minimum Gasteiger partial charge on any atom is -0.233 e. The van der Waals surface area contributed by atoms with Gasteiger partial charge in [0.15, 0.2) is 0 Å². The van der Waals surface area contributed by atoms with Gasteiger partial charge in [0.05, 0.1) is 0 Å². The Kier molecular flexibility index (Phi) is 2.73. The topological polar surface area (TPSA) is 35.2 Å². The number of nitrogens with two attached hydrogens (primary N) is 1. The SMILES string of the molecule is NOC(F)(F)C(F)C(F)(F)F. The lowest BCUT2D eigenvalue weighted by atomic mass is 10.3. The molecule has 0 aromatic heterocycles. The van der Waals surface area contributed by atoms with Crippen LogP contribution in [-0.4, -0.2) is 18.5 Å². The van der Waals surface area contributed by atoms with E-state index in [1.165, 1.54) is 0 Å². The van der Waals surface area contributed by atoms with Crippen molar-refractivity contribution in [3.05, 3.63) is 0 Å². The van der Waals surface area contributed by atoms with Crippen molar-refractivity contribution in [2.45, 2.75) is 18.5 Å². The lowest BCUT2D eigenvalue weighted by Gasteiger charge is -2.19. The van der Waals surface area contributed by atoms with Crippen molar-refractivity contribution >= 4 is 0 Å². The number of rotatable bonds is 2. The highest BCUT2D eigenvalue weighted by molar-refractivity contribution is 4.74. The van der Waals surface area contributed by atoms with Gasteiger partial charge >= 0.3 is 12.3 Å². The van der Waals surface area contributed by atoms with Crippen LogP contribution in [0.1, 0.15) is 0 Å². The molecule has 0 fully saturated rings. The van der Waals surface area contributed by atoms with E-state index in [0.717, 1.165) is 0 Å². The molecule has 2 N–H and O–H groups in total. The largest absolute Gasteiger partial charge is 0.428 e. The van der Waals surface area contributed by atoms with E-state index < -0.39 is 18.5 Å². The maximum Gasteiger partial charge on any atom is 0.428 e. The second-order valence-electron chi connectivity index (χ2n) is 1.58. The Morgan fingerprint density at radius 1 is 1.09 bits per heavy atom. The van der Waals surface area contributed by atoms with E-state index in [2.05, 4.69) is 10.7 Å². The minimum absolute atomic E-state index is 2.50. The maximum absolute atomic E-state index is 11.6. The summed E-state index contributed by atoms with van der Waals surface area (Å²) in [6, 6.07) is 0. The van der Waals surface area contributed by atoms with Crippen LogP contribution in [0.2, 0.25) is 0 Å². The third-order valence-electron chi connectivity index (χ3n) is 0.740. The van der Waals surface area contributed by atoms with Crippen LogP contribution < -0.4 is 5.90 Å². The summed E-state index contributed by atoms with van der Waals surface area (Å²) in [7, 11) is 0. The van der Waals surface area contributed by atoms with Crippen molar-refractivity contribution in [1.29, 1.82) is 0 Å². The zero-order chi connectivity index (χ0) is 9.28. The summed E-state index contributed by atoms with van der Waals surface area (Å²) in [5.41, 5.74) is 0. The van der Waals surface area contributed by atoms with Crippen LogP contribution >= 0.6 is 0 Å². The third kappa shape index (κ3) is 2.54. The number of halogens is 6. The van der Waals surface area contributed by atoms with E-state index in [1.807, 2.05) is 0 Å². The van der Waals surface area contributed by atoms with Crippen molar-refractivity contribution in [3.63, 3.8) is 0 Å². The number of alkyl halides is 6. The summed E-state index contributed by atoms with van der Waals surface area (Å²) in [4.78, 5) is 2.50. The van der Waals surface area contributed by atoms with Gasteiger partial charge < -0.3 is 0 Å². The first-order valence-electron chi connectivity index (χ1n) is 2.18. The smallest absolute Gasteiger partial charge is 0.233 e. The molecule has 0 rings (SSSR count). The molecule has 0 aromatic rings. The van der Waals surface area contributed by atoms with Crippen LogP contribution in [0.4, 0.5) is 26.3 Å². The first-order valence-corrected chi connectivity index (χ1v) is 2.18. The quantitative estimate of drug-likeness (QED) is 0.518. The minimum atomic E-state index is -5.68. The van der Waals surface area contributed by atoms with Gasteiger partial charge in [0, 0.05) is 0 Å². The molecule has 8 heteroatoms. The Labute approximate surface area is 56.9 Å². The summed E-state index contributed by atoms with van der Waals surface area (Å²) in [5, 5.41) is 0. The molecular formula is C3H3F6NO. The molecule has 0 saturated carbocycles. The summed E-state index contributed by atoms with van der Waals surface area (Å²) >= 11 is 0. The summed E-state index contributed by atoms with van der Waals surface area (Å²) in [6.45, 7) is 0. The summed E-state index contributed by atoms with van der Waals surface area (Å²) in [5.74, 6) is 3.71. The summed E-state index contributed by atoms with van der Waals surface area (Å²) < 4.78 is 68.2. The lowest BCUT2D eigenvalue weighted by Crippen LogP contribution is -2.45. The molecule has 0 aromatic carbocycles. The third-order valence-corrected chi connectivity index (χ3v) is 0.740. The van der Waals surface area contributed by atoms with Gasteiger partial charge in [-0.1, -0.05) is 0 Å². The molecule has 1 unspecified atom stereocenters. The Bertz CT molecular complexity index is 132. The van der Waals surface area contributed by atoms with E-state index in [1.54, 1.807) is 0 Å². The molecule has 11 heavy (non-hydrogen) atoms.